The van der Waals surface area contributed by atoms with E-state index in [2.05, 4.69) is 66.9 Å². The Morgan fingerprint density at radius 3 is 2.83 bits per heavy atom. The number of nitrogens with zero attached hydrogens (tertiary/aromatic N) is 1. The molecule has 0 aliphatic carbocycles. The van der Waals surface area contributed by atoms with E-state index in [1.807, 2.05) is 12.3 Å². The molecule has 4 atom stereocenters. The molecule has 0 saturated carbocycles. The molecule has 0 bridgehead atoms. The maximum atomic E-state index is 4.44. The first-order valence-electron chi connectivity index (χ1n) is 6.55. The summed E-state index contributed by atoms with van der Waals surface area (Å²) in [6.45, 7) is 4.69. The fourth-order valence-corrected chi connectivity index (χ4v) is 5.35. The van der Waals surface area contributed by atoms with Gasteiger partial charge in [0.15, 0.2) is 0 Å². The zero-order chi connectivity index (χ0) is 13.0. The van der Waals surface area contributed by atoms with Crippen LogP contribution < -0.4 is 5.32 Å². The van der Waals surface area contributed by atoms with E-state index in [9.17, 15) is 0 Å². The minimum atomic E-state index is 0.521. The predicted octanol–water partition coefficient (Wildman–Crippen LogP) is 2.84. The molecule has 100 valence electrons. The Hall–Kier alpha value is -0.190. The zero-order valence-electron chi connectivity index (χ0n) is 11.3. The number of hydrogen-bond donors (Lipinski definition) is 1. The van der Waals surface area contributed by atoms with Crippen LogP contribution in [0.2, 0.25) is 0 Å². The van der Waals surface area contributed by atoms with Gasteiger partial charge in [-0.1, -0.05) is 19.9 Å². The van der Waals surface area contributed by atoms with Crippen LogP contribution in [-0.4, -0.2) is 39.6 Å². The summed E-state index contributed by atoms with van der Waals surface area (Å²) in [6.07, 6.45) is 2.91. The summed E-state index contributed by atoms with van der Waals surface area (Å²) >= 11 is 4.24. The molecule has 0 radical (unpaired) electrons. The van der Waals surface area contributed by atoms with Crippen LogP contribution in [0.5, 0.6) is 0 Å². The Labute approximate surface area is 119 Å². The Bertz CT molecular complexity index is 358. The lowest BCUT2D eigenvalue weighted by Gasteiger charge is -2.35. The zero-order valence-corrected chi connectivity index (χ0v) is 12.9. The first kappa shape index (κ1) is 14.2. The topological polar surface area (TPSA) is 24.9 Å². The van der Waals surface area contributed by atoms with Gasteiger partial charge in [-0.25, -0.2) is 0 Å². The van der Waals surface area contributed by atoms with Gasteiger partial charge >= 0.3 is 0 Å². The summed E-state index contributed by atoms with van der Waals surface area (Å²) < 4.78 is 0. The molecule has 1 fully saturated rings. The van der Waals surface area contributed by atoms with E-state index in [4.69, 9.17) is 0 Å². The highest BCUT2D eigenvalue weighted by molar-refractivity contribution is 8.07. The lowest BCUT2D eigenvalue weighted by molar-refractivity contribution is 0.548. The summed E-state index contributed by atoms with van der Waals surface area (Å²) in [5, 5.41) is 5.69. The first-order chi connectivity index (χ1) is 8.70. The normalized spacial score (nSPS) is 30.1. The first-order valence-corrected chi connectivity index (χ1v) is 8.54. The molecule has 1 N–H and O–H groups in total. The minimum absolute atomic E-state index is 0.521. The summed E-state index contributed by atoms with van der Waals surface area (Å²) in [6, 6.07) is 6.69. The van der Waals surface area contributed by atoms with E-state index in [1.54, 1.807) is 0 Å². The third-order valence-electron chi connectivity index (χ3n) is 3.55. The maximum absolute atomic E-state index is 4.44. The standard InChI is InChI=1S/C14H22N2S2/c1-10-11(2)18-14(9-17-10)13(15-3)8-12-6-4-5-7-16-12/h4-7,10-11,13-15H,8-9H2,1-3H3. The predicted molar refractivity (Wildman–Crippen MR) is 83.5 cm³/mol. The van der Waals surface area contributed by atoms with Crippen molar-refractivity contribution in [2.45, 2.75) is 42.1 Å². The molecule has 18 heavy (non-hydrogen) atoms. The molecule has 1 aliphatic heterocycles. The van der Waals surface area contributed by atoms with E-state index >= 15 is 0 Å². The van der Waals surface area contributed by atoms with Crippen LogP contribution in [0.15, 0.2) is 24.4 Å². The highest BCUT2D eigenvalue weighted by Gasteiger charge is 2.30. The van der Waals surface area contributed by atoms with Gasteiger partial charge in [-0.2, -0.15) is 23.5 Å². The van der Waals surface area contributed by atoms with Gasteiger partial charge < -0.3 is 5.32 Å². The average Bonchev–Trinajstić information content (AvgIpc) is 2.40. The average molecular weight is 282 g/mol. The van der Waals surface area contributed by atoms with Gasteiger partial charge in [-0.05, 0) is 19.2 Å². The molecule has 2 nitrogen and oxygen atoms in total. The monoisotopic (exact) mass is 282 g/mol. The van der Waals surface area contributed by atoms with Gasteiger partial charge in [0.05, 0.1) is 0 Å². The maximum Gasteiger partial charge on any atom is 0.0419 e. The highest BCUT2D eigenvalue weighted by Crippen LogP contribution is 2.37. The number of rotatable bonds is 4. The van der Waals surface area contributed by atoms with Crippen molar-refractivity contribution in [3.63, 3.8) is 0 Å². The second kappa shape index (κ2) is 6.83. The van der Waals surface area contributed by atoms with Crippen molar-refractivity contribution in [2.24, 2.45) is 0 Å². The molecule has 0 spiro atoms. The van der Waals surface area contributed by atoms with Crippen molar-refractivity contribution in [3.05, 3.63) is 30.1 Å². The van der Waals surface area contributed by atoms with Gasteiger partial charge in [0.2, 0.25) is 0 Å². The lowest BCUT2D eigenvalue weighted by atomic mass is 10.1. The lowest BCUT2D eigenvalue weighted by Crippen LogP contribution is -2.43. The number of aromatic nitrogens is 1. The molecular formula is C14H22N2S2. The van der Waals surface area contributed by atoms with Crippen molar-refractivity contribution in [1.29, 1.82) is 0 Å². The van der Waals surface area contributed by atoms with Crippen LogP contribution in [0.3, 0.4) is 0 Å². The molecule has 2 rings (SSSR count). The minimum Gasteiger partial charge on any atom is -0.315 e. The van der Waals surface area contributed by atoms with E-state index in [-0.39, 0.29) is 0 Å². The fraction of sp³-hybridized carbons (Fsp3) is 0.643. The van der Waals surface area contributed by atoms with Crippen molar-refractivity contribution in [3.8, 4) is 0 Å². The molecule has 4 unspecified atom stereocenters. The molecule has 4 heteroatoms. The third kappa shape index (κ3) is 3.65. The Morgan fingerprint density at radius 1 is 1.39 bits per heavy atom. The Balaban J connectivity index is 1.97. The molecule has 2 heterocycles. The molecular weight excluding hydrogens is 260 g/mol. The molecule has 0 aromatic carbocycles. The number of thioether (sulfide) groups is 2. The van der Waals surface area contributed by atoms with E-state index in [0.29, 0.717) is 11.3 Å². The van der Waals surface area contributed by atoms with Crippen molar-refractivity contribution >= 4 is 23.5 Å². The van der Waals surface area contributed by atoms with Crippen LogP contribution >= 0.6 is 23.5 Å². The summed E-state index contributed by atoms with van der Waals surface area (Å²) in [7, 11) is 2.07. The molecule has 1 saturated heterocycles. The van der Waals surface area contributed by atoms with Gasteiger partial charge in [-0.3, -0.25) is 4.98 Å². The number of pyridine rings is 1. The van der Waals surface area contributed by atoms with Crippen LogP contribution in [0.4, 0.5) is 0 Å². The second-order valence-electron chi connectivity index (χ2n) is 4.84. The van der Waals surface area contributed by atoms with Crippen molar-refractivity contribution in [1.82, 2.24) is 10.3 Å². The van der Waals surface area contributed by atoms with E-state index < -0.39 is 0 Å². The van der Waals surface area contributed by atoms with Crippen molar-refractivity contribution in [2.75, 3.05) is 12.8 Å². The summed E-state index contributed by atoms with van der Waals surface area (Å²) in [5.41, 5.74) is 1.19. The van der Waals surface area contributed by atoms with Crippen LogP contribution in [0.1, 0.15) is 19.5 Å². The van der Waals surface area contributed by atoms with E-state index in [0.717, 1.165) is 16.9 Å². The van der Waals surface area contributed by atoms with Crippen LogP contribution in [-0.2, 0) is 6.42 Å². The fourth-order valence-electron chi connectivity index (χ4n) is 2.18. The molecule has 1 aliphatic rings. The highest BCUT2D eigenvalue weighted by atomic mass is 32.2. The molecule has 0 amide bonds. The smallest absolute Gasteiger partial charge is 0.0419 e. The van der Waals surface area contributed by atoms with Gasteiger partial charge in [0.1, 0.15) is 0 Å². The number of nitrogens with one attached hydrogen (secondary N) is 1. The summed E-state index contributed by atoms with van der Waals surface area (Å²) in [5.74, 6) is 1.24. The SMILES string of the molecule is CNC(Cc1ccccn1)C1CSC(C)C(C)S1. The summed E-state index contributed by atoms with van der Waals surface area (Å²) in [4.78, 5) is 4.44. The van der Waals surface area contributed by atoms with Gasteiger partial charge in [0, 0.05) is 45.9 Å². The molecule has 1 aromatic heterocycles. The Morgan fingerprint density at radius 2 is 2.22 bits per heavy atom. The van der Waals surface area contributed by atoms with Gasteiger partial charge in [-0.15, -0.1) is 0 Å². The third-order valence-corrected chi connectivity index (χ3v) is 7.10. The quantitative estimate of drug-likeness (QED) is 0.918. The van der Waals surface area contributed by atoms with Gasteiger partial charge in [0.25, 0.3) is 0 Å². The van der Waals surface area contributed by atoms with Crippen LogP contribution in [0, 0.1) is 0 Å². The molecule has 1 aromatic rings. The van der Waals surface area contributed by atoms with Crippen LogP contribution in [0.25, 0.3) is 0 Å². The number of hydrogen-bond acceptors (Lipinski definition) is 4. The Kier molecular flexibility index (Phi) is 5.39. The van der Waals surface area contributed by atoms with E-state index in [1.165, 1.54) is 11.4 Å². The largest absolute Gasteiger partial charge is 0.315 e. The number of likely N-dealkylation sites (N-methyl/N-ethyl adjacent to an activating group) is 1. The second-order valence-corrected chi connectivity index (χ2v) is 7.87. The van der Waals surface area contributed by atoms with Crippen molar-refractivity contribution < 1.29 is 0 Å².